The number of piperidine rings is 1. The van der Waals surface area contributed by atoms with Crippen LogP contribution in [0.4, 0.5) is 19.0 Å². The van der Waals surface area contributed by atoms with Gasteiger partial charge in [0.2, 0.25) is 0 Å². The van der Waals surface area contributed by atoms with Gasteiger partial charge in [0.15, 0.2) is 0 Å². The predicted molar refractivity (Wildman–Crippen MR) is 127 cm³/mol. The van der Waals surface area contributed by atoms with Gasteiger partial charge in [0.1, 0.15) is 5.82 Å². The van der Waals surface area contributed by atoms with Gasteiger partial charge in [-0.05, 0) is 36.6 Å². The first kappa shape index (κ1) is 24.4. The molecule has 1 amide bonds. The lowest BCUT2D eigenvalue weighted by Crippen LogP contribution is -2.47. The summed E-state index contributed by atoms with van der Waals surface area (Å²) in [6.07, 6.45) is -2.47. The summed E-state index contributed by atoms with van der Waals surface area (Å²) in [5, 5.41) is 0.352. The Hall–Kier alpha value is -2.77. The Morgan fingerprint density at radius 1 is 1.00 bits per heavy atom. The van der Waals surface area contributed by atoms with Gasteiger partial charge in [-0.1, -0.05) is 65.7 Å². The molecular formula is C25H22Cl2F3N3O. The normalized spacial score (nSPS) is 14.8. The molecule has 0 spiro atoms. The van der Waals surface area contributed by atoms with E-state index in [1.165, 1.54) is 0 Å². The minimum atomic E-state index is -4.50. The highest BCUT2D eigenvalue weighted by molar-refractivity contribution is 6.34. The van der Waals surface area contributed by atoms with E-state index >= 15 is 0 Å². The average molecular weight is 508 g/mol. The van der Waals surface area contributed by atoms with E-state index < -0.39 is 11.7 Å². The lowest BCUT2D eigenvalue weighted by Gasteiger charge is -2.39. The molecule has 0 N–H and O–H groups in total. The number of rotatable bonds is 5. The molecule has 1 saturated heterocycles. The van der Waals surface area contributed by atoms with E-state index in [4.69, 9.17) is 23.2 Å². The van der Waals surface area contributed by atoms with Gasteiger partial charge in [-0.25, -0.2) is 4.98 Å². The minimum Gasteiger partial charge on any atom is -0.355 e. The zero-order valence-electron chi connectivity index (χ0n) is 18.1. The molecule has 1 aromatic heterocycles. The van der Waals surface area contributed by atoms with Crippen LogP contribution in [0.1, 0.15) is 34.3 Å². The van der Waals surface area contributed by atoms with Crippen LogP contribution in [-0.4, -0.2) is 34.9 Å². The highest BCUT2D eigenvalue weighted by Gasteiger charge is 2.33. The van der Waals surface area contributed by atoms with Crippen LogP contribution in [-0.2, 0) is 12.7 Å². The number of aromatic nitrogens is 1. The number of amides is 1. The molecule has 178 valence electrons. The average Bonchev–Trinajstić information content (AvgIpc) is 2.83. The number of carbonyl (C=O) groups excluding carboxylic acids is 1. The summed E-state index contributed by atoms with van der Waals surface area (Å²) >= 11 is 12.5. The van der Waals surface area contributed by atoms with Crippen molar-refractivity contribution in [3.8, 4) is 0 Å². The molecule has 0 aliphatic carbocycles. The Bertz CT molecular complexity index is 1150. The van der Waals surface area contributed by atoms with Crippen LogP contribution in [0.15, 0.2) is 66.9 Å². The van der Waals surface area contributed by atoms with E-state index in [0.29, 0.717) is 48.9 Å². The van der Waals surface area contributed by atoms with E-state index in [0.717, 1.165) is 17.8 Å². The van der Waals surface area contributed by atoms with E-state index in [9.17, 15) is 18.0 Å². The third-order valence-corrected chi connectivity index (χ3v) is 6.52. The Morgan fingerprint density at radius 3 is 2.26 bits per heavy atom. The van der Waals surface area contributed by atoms with Crippen LogP contribution in [0.2, 0.25) is 10.0 Å². The molecule has 1 aliphatic rings. The number of benzene rings is 2. The van der Waals surface area contributed by atoms with E-state index in [1.54, 1.807) is 24.3 Å². The van der Waals surface area contributed by atoms with Crippen molar-refractivity contribution in [3.05, 3.63) is 93.6 Å². The second kappa shape index (κ2) is 10.2. The van der Waals surface area contributed by atoms with Gasteiger partial charge in [-0.2, -0.15) is 13.2 Å². The molecule has 4 rings (SSSR count). The molecule has 34 heavy (non-hydrogen) atoms. The van der Waals surface area contributed by atoms with Gasteiger partial charge in [0, 0.05) is 31.9 Å². The molecule has 0 radical (unpaired) electrons. The fraction of sp³-hybridized carbons (Fsp3) is 0.280. The molecule has 1 aliphatic heterocycles. The number of halogens is 5. The standard InChI is InChI=1S/C25H22Cl2F3N3O/c26-21-9-5-4-8-20(21)24(34)33(16-17-6-2-1-3-7-17)19-10-12-32(13-11-19)23-22(27)14-18(15-31-23)25(28,29)30/h1-9,14-15,19H,10-13,16H2. The fourth-order valence-corrected chi connectivity index (χ4v) is 4.65. The van der Waals surface area contributed by atoms with Gasteiger partial charge < -0.3 is 9.80 Å². The highest BCUT2D eigenvalue weighted by Crippen LogP contribution is 2.35. The van der Waals surface area contributed by atoms with Crippen LogP contribution >= 0.6 is 23.2 Å². The molecule has 0 saturated carbocycles. The van der Waals surface area contributed by atoms with Gasteiger partial charge >= 0.3 is 6.18 Å². The van der Waals surface area contributed by atoms with Crippen molar-refractivity contribution in [2.45, 2.75) is 31.6 Å². The largest absolute Gasteiger partial charge is 0.417 e. The summed E-state index contributed by atoms with van der Waals surface area (Å²) in [4.78, 5) is 21.2. The Labute approximate surface area is 205 Å². The number of hydrogen-bond acceptors (Lipinski definition) is 3. The number of carbonyl (C=O) groups is 1. The van der Waals surface area contributed by atoms with Crippen molar-refractivity contribution < 1.29 is 18.0 Å². The summed E-state index contributed by atoms with van der Waals surface area (Å²) < 4.78 is 38.8. The number of pyridine rings is 1. The highest BCUT2D eigenvalue weighted by atomic mass is 35.5. The summed E-state index contributed by atoms with van der Waals surface area (Å²) in [7, 11) is 0. The number of hydrogen-bond donors (Lipinski definition) is 0. The van der Waals surface area contributed by atoms with Crippen LogP contribution in [0.5, 0.6) is 0 Å². The molecule has 4 nitrogen and oxygen atoms in total. The SMILES string of the molecule is O=C(c1ccccc1Cl)N(Cc1ccccc1)C1CCN(c2ncc(C(F)(F)F)cc2Cl)CC1. The van der Waals surface area contributed by atoms with Gasteiger partial charge in [0.25, 0.3) is 5.91 Å². The van der Waals surface area contributed by atoms with Gasteiger partial charge in [-0.15, -0.1) is 0 Å². The summed E-state index contributed by atoms with van der Waals surface area (Å²) in [6, 6.07) is 17.5. The van der Waals surface area contributed by atoms with Crippen molar-refractivity contribution in [1.29, 1.82) is 0 Å². The van der Waals surface area contributed by atoms with Gasteiger partial charge in [-0.3, -0.25) is 4.79 Å². The molecule has 1 fully saturated rings. The maximum Gasteiger partial charge on any atom is 0.417 e. The zero-order valence-corrected chi connectivity index (χ0v) is 19.6. The molecule has 9 heteroatoms. The van der Waals surface area contributed by atoms with E-state index in [-0.39, 0.29) is 17.0 Å². The molecule has 0 atom stereocenters. The second-order valence-electron chi connectivity index (χ2n) is 8.14. The quantitative estimate of drug-likeness (QED) is 0.384. The smallest absolute Gasteiger partial charge is 0.355 e. The van der Waals surface area contributed by atoms with Crippen LogP contribution in [0.3, 0.4) is 0 Å². The monoisotopic (exact) mass is 507 g/mol. The molecule has 3 aromatic rings. The van der Waals surface area contributed by atoms with E-state index in [1.807, 2.05) is 40.1 Å². The minimum absolute atomic E-state index is 0.0402. The molecule has 2 heterocycles. The molecular weight excluding hydrogens is 486 g/mol. The first-order valence-electron chi connectivity index (χ1n) is 10.8. The summed E-state index contributed by atoms with van der Waals surface area (Å²) in [6.45, 7) is 1.43. The molecule has 0 bridgehead atoms. The predicted octanol–water partition coefficient (Wildman–Crippen LogP) is 6.72. The molecule has 0 unspecified atom stereocenters. The number of alkyl halides is 3. The Balaban J connectivity index is 1.53. The Morgan fingerprint density at radius 2 is 1.65 bits per heavy atom. The van der Waals surface area contributed by atoms with Gasteiger partial charge in [0.05, 0.1) is 21.2 Å². The van der Waals surface area contributed by atoms with Crippen molar-refractivity contribution in [1.82, 2.24) is 9.88 Å². The van der Waals surface area contributed by atoms with Crippen molar-refractivity contribution in [3.63, 3.8) is 0 Å². The van der Waals surface area contributed by atoms with Crippen molar-refractivity contribution in [2.24, 2.45) is 0 Å². The first-order valence-corrected chi connectivity index (χ1v) is 11.6. The zero-order chi connectivity index (χ0) is 24.3. The van der Waals surface area contributed by atoms with Crippen LogP contribution in [0.25, 0.3) is 0 Å². The van der Waals surface area contributed by atoms with Crippen molar-refractivity contribution >= 4 is 34.9 Å². The van der Waals surface area contributed by atoms with Crippen LogP contribution < -0.4 is 4.90 Å². The summed E-state index contributed by atoms with van der Waals surface area (Å²) in [5.41, 5.74) is 0.559. The lowest BCUT2D eigenvalue weighted by molar-refractivity contribution is -0.137. The van der Waals surface area contributed by atoms with Crippen molar-refractivity contribution in [2.75, 3.05) is 18.0 Å². The number of nitrogens with zero attached hydrogens (tertiary/aromatic N) is 3. The second-order valence-corrected chi connectivity index (χ2v) is 8.96. The Kier molecular flexibility index (Phi) is 7.33. The topological polar surface area (TPSA) is 36.4 Å². The third-order valence-electron chi connectivity index (χ3n) is 5.91. The fourth-order valence-electron chi connectivity index (χ4n) is 4.14. The first-order chi connectivity index (χ1) is 16.2. The van der Waals surface area contributed by atoms with Crippen LogP contribution in [0, 0.1) is 0 Å². The third kappa shape index (κ3) is 5.47. The molecule has 2 aromatic carbocycles. The lowest BCUT2D eigenvalue weighted by atomic mass is 10.0. The van der Waals surface area contributed by atoms with E-state index in [2.05, 4.69) is 4.98 Å². The summed E-state index contributed by atoms with van der Waals surface area (Å²) in [5.74, 6) is 0.166. The number of anilines is 1. The maximum atomic E-state index is 13.5. The maximum absolute atomic E-state index is 13.5.